The van der Waals surface area contributed by atoms with Gasteiger partial charge in [0.25, 0.3) is 0 Å². The summed E-state index contributed by atoms with van der Waals surface area (Å²) in [6.07, 6.45) is -0.543. The van der Waals surface area contributed by atoms with E-state index in [2.05, 4.69) is 5.32 Å². The molecule has 0 unspecified atom stereocenters. The van der Waals surface area contributed by atoms with Gasteiger partial charge in [0, 0.05) is 11.9 Å². The highest BCUT2D eigenvalue weighted by Gasteiger charge is 2.32. The first-order valence-electron chi connectivity index (χ1n) is 8.49. The van der Waals surface area contributed by atoms with Crippen LogP contribution in [-0.4, -0.2) is 23.4 Å². The van der Waals surface area contributed by atoms with Crippen LogP contribution in [-0.2, 0) is 9.47 Å². The molecule has 0 saturated carbocycles. The summed E-state index contributed by atoms with van der Waals surface area (Å²) in [7, 11) is 0. The van der Waals surface area contributed by atoms with E-state index in [-0.39, 0.29) is 11.3 Å². The number of nitrogens with one attached hydrogen (secondary N) is 1. The molecule has 8 nitrogen and oxygen atoms in total. The Morgan fingerprint density at radius 3 is 1.93 bits per heavy atom. The Balaban J connectivity index is 3.27. The number of carbonyl (C=O) groups excluding carboxylic acids is 2. The number of benzene rings is 1. The lowest BCUT2D eigenvalue weighted by Gasteiger charge is -2.28. The molecule has 0 fully saturated rings. The third-order valence-electron chi connectivity index (χ3n) is 2.88. The Kier molecular flexibility index (Phi) is 7.17. The van der Waals surface area contributed by atoms with Crippen LogP contribution in [0.5, 0.6) is 0 Å². The number of rotatable bonds is 3. The van der Waals surface area contributed by atoms with Gasteiger partial charge in [0.15, 0.2) is 0 Å². The molecule has 1 aromatic carbocycles. The SMILES string of the molecule is CC(C)(C)OC(=O)N(C(=O)OC(C)(C)C)c1cccc(NC=C(C#N)C#N)c1. The lowest BCUT2D eigenvalue weighted by molar-refractivity contribution is 0.0431. The summed E-state index contributed by atoms with van der Waals surface area (Å²) in [6.45, 7) is 10.1. The highest BCUT2D eigenvalue weighted by atomic mass is 16.6. The molecule has 2 amide bonds. The van der Waals surface area contributed by atoms with E-state index >= 15 is 0 Å². The number of carbonyl (C=O) groups is 2. The second-order valence-electron chi connectivity index (χ2n) is 7.77. The second-order valence-corrected chi connectivity index (χ2v) is 7.77. The van der Waals surface area contributed by atoms with Crippen molar-refractivity contribution in [1.82, 2.24) is 0 Å². The summed E-state index contributed by atoms with van der Waals surface area (Å²) in [5.41, 5.74) is -1.09. The normalized spacial score (nSPS) is 10.7. The number of hydrogen-bond donors (Lipinski definition) is 1. The Morgan fingerprint density at radius 1 is 1.00 bits per heavy atom. The Bertz CT molecular complexity index is 805. The maximum absolute atomic E-state index is 12.6. The number of anilines is 2. The Morgan fingerprint density at radius 2 is 1.50 bits per heavy atom. The minimum absolute atomic E-state index is 0.124. The van der Waals surface area contributed by atoms with Gasteiger partial charge in [0.1, 0.15) is 28.9 Å². The molecule has 0 aliphatic heterocycles. The smallest absolute Gasteiger partial charge is 0.424 e. The quantitative estimate of drug-likeness (QED) is 0.750. The van der Waals surface area contributed by atoms with Crippen molar-refractivity contribution in [3.8, 4) is 12.1 Å². The zero-order valence-corrected chi connectivity index (χ0v) is 16.9. The van der Waals surface area contributed by atoms with E-state index < -0.39 is 23.4 Å². The standard InChI is InChI=1S/C20H24N4O4/c1-19(2,3)27-17(25)24(18(26)28-20(4,5)6)16-9-7-8-15(10-16)23-13-14(11-21)12-22/h7-10,13,23H,1-6H3. The zero-order chi connectivity index (χ0) is 21.5. The molecule has 0 saturated heterocycles. The summed E-state index contributed by atoms with van der Waals surface area (Å²) in [6, 6.07) is 9.74. The van der Waals surface area contributed by atoms with E-state index in [1.807, 2.05) is 0 Å². The number of imide groups is 1. The van der Waals surface area contributed by atoms with Crippen LogP contribution >= 0.6 is 0 Å². The summed E-state index contributed by atoms with van der Waals surface area (Å²) >= 11 is 0. The lowest BCUT2D eigenvalue weighted by Crippen LogP contribution is -2.43. The molecule has 0 aliphatic carbocycles. The van der Waals surface area contributed by atoms with Gasteiger partial charge in [-0.05, 0) is 59.7 Å². The molecule has 0 radical (unpaired) electrons. The van der Waals surface area contributed by atoms with E-state index in [4.69, 9.17) is 20.0 Å². The maximum Gasteiger partial charge on any atom is 0.424 e. The number of hydrogen-bond acceptors (Lipinski definition) is 7. The first kappa shape index (κ1) is 22.5. The number of ether oxygens (including phenoxy) is 2. The summed E-state index contributed by atoms with van der Waals surface area (Å²) in [5.74, 6) is 0. The topological polar surface area (TPSA) is 115 Å². The van der Waals surface area contributed by atoms with E-state index in [0.717, 1.165) is 4.90 Å². The molecule has 1 aromatic rings. The molecule has 28 heavy (non-hydrogen) atoms. The average Bonchev–Trinajstić information content (AvgIpc) is 2.53. The van der Waals surface area contributed by atoms with Gasteiger partial charge < -0.3 is 14.8 Å². The molecule has 8 heteroatoms. The van der Waals surface area contributed by atoms with Crippen LogP contribution in [0.25, 0.3) is 0 Å². The molecule has 1 rings (SSSR count). The van der Waals surface area contributed by atoms with Crippen molar-refractivity contribution in [2.75, 3.05) is 10.2 Å². The van der Waals surface area contributed by atoms with E-state index in [0.29, 0.717) is 5.69 Å². The highest BCUT2D eigenvalue weighted by Crippen LogP contribution is 2.24. The fourth-order valence-electron chi connectivity index (χ4n) is 1.88. The predicted octanol–water partition coefficient (Wildman–Crippen LogP) is 4.71. The molecule has 0 spiro atoms. The maximum atomic E-state index is 12.6. The number of allylic oxidation sites excluding steroid dienone is 1. The minimum atomic E-state index is -0.885. The second kappa shape index (κ2) is 8.92. The first-order chi connectivity index (χ1) is 12.9. The molecule has 148 valence electrons. The van der Waals surface area contributed by atoms with Crippen molar-refractivity contribution in [3.05, 3.63) is 36.0 Å². The predicted molar refractivity (Wildman–Crippen MR) is 104 cm³/mol. The van der Waals surface area contributed by atoms with Gasteiger partial charge in [-0.2, -0.15) is 15.4 Å². The van der Waals surface area contributed by atoms with Gasteiger partial charge in [0.2, 0.25) is 0 Å². The van der Waals surface area contributed by atoms with Gasteiger partial charge in [-0.1, -0.05) is 6.07 Å². The fraction of sp³-hybridized carbons (Fsp3) is 0.400. The Labute approximate surface area is 164 Å². The van der Waals surface area contributed by atoms with Gasteiger partial charge in [0.05, 0.1) is 5.69 Å². The van der Waals surface area contributed by atoms with Crippen LogP contribution < -0.4 is 10.2 Å². The number of nitrogens with zero attached hydrogens (tertiary/aromatic N) is 3. The third kappa shape index (κ3) is 7.38. The van der Waals surface area contributed by atoms with Gasteiger partial charge in [-0.15, -0.1) is 0 Å². The van der Waals surface area contributed by atoms with Crippen LogP contribution in [0.3, 0.4) is 0 Å². The molecule has 0 bridgehead atoms. The molecular formula is C20H24N4O4. The number of nitriles is 2. The van der Waals surface area contributed by atoms with Crippen molar-refractivity contribution in [2.24, 2.45) is 0 Å². The monoisotopic (exact) mass is 384 g/mol. The first-order valence-corrected chi connectivity index (χ1v) is 8.49. The van der Waals surface area contributed by atoms with Crippen LogP contribution in [0.4, 0.5) is 21.0 Å². The van der Waals surface area contributed by atoms with Gasteiger partial charge in [-0.25, -0.2) is 9.59 Å². The molecular weight excluding hydrogens is 360 g/mol. The average molecular weight is 384 g/mol. The van der Waals surface area contributed by atoms with Crippen LogP contribution in [0, 0.1) is 22.7 Å². The number of amides is 2. The molecule has 1 N–H and O–H groups in total. The van der Waals surface area contributed by atoms with Crippen LogP contribution in [0.15, 0.2) is 36.0 Å². The van der Waals surface area contributed by atoms with Crippen molar-refractivity contribution in [2.45, 2.75) is 52.7 Å². The molecule has 0 aliphatic rings. The molecule has 0 heterocycles. The van der Waals surface area contributed by atoms with Crippen molar-refractivity contribution >= 4 is 23.6 Å². The van der Waals surface area contributed by atoms with Crippen molar-refractivity contribution in [1.29, 1.82) is 10.5 Å². The molecule has 0 atom stereocenters. The summed E-state index contributed by atoms with van der Waals surface area (Å²) in [4.78, 5) is 26.1. The van der Waals surface area contributed by atoms with Gasteiger partial charge >= 0.3 is 12.2 Å². The Hall–Kier alpha value is -3.52. The zero-order valence-electron chi connectivity index (χ0n) is 16.9. The molecule has 0 aromatic heterocycles. The minimum Gasteiger partial charge on any atom is -0.443 e. The van der Waals surface area contributed by atoms with Gasteiger partial charge in [-0.3, -0.25) is 0 Å². The summed E-state index contributed by atoms with van der Waals surface area (Å²) in [5, 5.41) is 20.4. The van der Waals surface area contributed by atoms with E-state index in [9.17, 15) is 9.59 Å². The van der Waals surface area contributed by atoms with E-state index in [1.165, 1.54) is 18.3 Å². The van der Waals surface area contributed by atoms with Crippen molar-refractivity contribution in [3.63, 3.8) is 0 Å². The fourth-order valence-corrected chi connectivity index (χ4v) is 1.88. The van der Waals surface area contributed by atoms with Crippen molar-refractivity contribution < 1.29 is 19.1 Å². The van der Waals surface area contributed by atoms with Crippen LogP contribution in [0.1, 0.15) is 41.5 Å². The van der Waals surface area contributed by atoms with Crippen LogP contribution in [0.2, 0.25) is 0 Å². The highest BCUT2D eigenvalue weighted by molar-refractivity contribution is 6.09. The largest absolute Gasteiger partial charge is 0.443 e. The van der Waals surface area contributed by atoms with E-state index in [1.54, 1.807) is 65.8 Å². The lowest BCUT2D eigenvalue weighted by atomic mass is 10.2. The summed E-state index contributed by atoms with van der Waals surface area (Å²) < 4.78 is 10.7. The third-order valence-corrected chi connectivity index (χ3v) is 2.88.